The molecule has 2 aromatic rings. The van der Waals surface area contributed by atoms with Gasteiger partial charge in [-0.2, -0.15) is 0 Å². The van der Waals surface area contributed by atoms with Crippen LogP contribution in [0.2, 0.25) is 16.6 Å². The van der Waals surface area contributed by atoms with Gasteiger partial charge in [0.1, 0.15) is 34.9 Å². The summed E-state index contributed by atoms with van der Waals surface area (Å²) in [5.74, 6) is 1.69. The van der Waals surface area contributed by atoms with Crippen molar-refractivity contribution in [1.82, 2.24) is 5.32 Å². The van der Waals surface area contributed by atoms with Gasteiger partial charge < -0.3 is 24.3 Å². The molecule has 0 saturated heterocycles. The van der Waals surface area contributed by atoms with Gasteiger partial charge in [-0.1, -0.05) is 79.0 Å². The Balaban J connectivity index is 2.32. The number of hydrogen-bond donors (Lipinski definition) is 2. The second kappa shape index (κ2) is 15.5. The van der Waals surface area contributed by atoms with Gasteiger partial charge in [-0.25, -0.2) is 0 Å². The number of halogens is 1. The van der Waals surface area contributed by atoms with Crippen molar-refractivity contribution < 1.29 is 19.0 Å². The number of rotatable bonds is 17. The number of hydrogen-bond acceptors (Lipinski definition) is 5. The summed E-state index contributed by atoms with van der Waals surface area (Å²) in [6.07, 6.45) is 4.23. The third-order valence-electron chi connectivity index (χ3n) is 7.03. The zero-order chi connectivity index (χ0) is 28.3. The molecule has 0 spiro atoms. The third kappa shape index (κ3) is 8.73. The molecule has 0 saturated carbocycles. The highest BCUT2D eigenvalue weighted by Crippen LogP contribution is 2.42. The number of phenolic OH excluding ortho intramolecular Hbond substituents is 1. The van der Waals surface area contributed by atoms with Crippen molar-refractivity contribution in [2.75, 3.05) is 19.8 Å². The summed E-state index contributed by atoms with van der Waals surface area (Å²) in [5, 5.41) is 13.5. The maximum Gasteiger partial charge on any atom is 0.200 e. The van der Waals surface area contributed by atoms with Crippen molar-refractivity contribution in [3.05, 3.63) is 77.3 Å². The smallest absolute Gasteiger partial charge is 0.200 e. The van der Waals surface area contributed by atoms with Gasteiger partial charge >= 0.3 is 0 Å². The van der Waals surface area contributed by atoms with Crippen LogP contribution in [-0.2, 0) is 17.4 Å². The highest BCUT2D eigenvalue weighted by molar-refractivity contribution is 9.10. The normalized spacial score (nSPS) is 12.7. The molecule has 0 bridgehead atoms. The molecule has 1 atom stereocenters. The van der Waals surface area contributed by atoms with E-state index in [1.54, 1.807) is 24.3 Å². The summed E-state index contributed by atoms with van der Waals surface area (Å²) in [4.78, 5) is 0. The van der Waals surface area contributed by atoms with E-state index in [0.29, 0.717) is 54.5 Å². The Labute approximate surface area is 239 Å². The van der Waals surface area contributed by atoms with Crippen molar-refractivity contribution in [3.63, 3.8) is 0 Å². The van der Waals surface area contributed by atoms with E-state index in [-0.39, 0.29) is 11.8 Å². The first-order chi connectivity index (χ1) is 18.0. The molecule has 2 rings (SSSR count). The molecule has 5 nitrogen and oxygen atoms in total. The van der Waals surface area contributed by atoms with E-state index >= 15 is 0 Å². The van der Waals surface area contributed by atoms with Crippen molar-refractivity contribution in [3.8, 4) is 17.2 Å². The van der Waals surface area contributed by atoms with Crippen LogP contribution in [0.5, 0.6) is 17.2 Å². The molecule has 0 aliphatic rings. The lowest BCUT2D eigenvalue weighted by molar-refractivity contribution is 0.232. The zero-order valence-corrected chi connectivity index (χ0v) is 26.5. The average molecular weight is 605 g/mol. The van der Waals surface area contributed by atoms with E-state index in [1.807, 2.05) is 24.3 Å². The van der Waals surface area contributed by atoms with Crippen LogP contribution < -0.4 is 14.8 Å². The Bertz CT molecular complexity index is 968. The minimum absolute atomic E-state index is 0.0846. The van der Waals surface area contributed by atoms with Crippen LogP contribution in [0.4, 0.5) is 0 Å². The van der Waals surface area contributed by atoms with Gasteiger partial charge in [-0.15, -0.1) is 0 Å². The topological polar surface area (TPSA) is 60.0 Å². The highest BCUT2D eigenvalue weighted by atomic mass is 79.9. The molecular formula is C31H46BrNO4Si. The molecule has 0 aliphatic heterocycles. The van der Waals surface area contributed by atoms with E-state index in [2.05, 4.69) is 75.9 Å². The largest absolute Gasteiger partial charge is 0.508 e. The predicted octanol–water partition coefficient (Wildman–Crippen LogP) is 8.18. The van der Waals surface area contributed by atoms with Gasteiger partial charge in [0.2, 0.25) is 0 Å². The Morgan fingerprint density at radius 3 is 1.82 bits per heavy atom. The van der Waals surface area contributed by atoms with Gasteiger partial charge in [0.05, 0.1) is 0 Å². The third-order valence-corrected chi connectivity index (χ3v) is 13.9. The van der Waals surface area contributed by atoms with Crippen LogP contribution in [0.25, 0.3) is 0 Å². The lowest BCUT2D eigenvalue weighted by Crippen LogP contribution is -2.50. The van der Waals surface area contributed by atoms with Gasteiger partial charge in [0, 0.05) is 19.2 Å². The molecule has 0 radical (unpaired) electrons. The number of benzene rings is 2. The van der Waals surface area contributed by atoms with E-state index in [9.17, 15) is 5.11 Å². The summed E-state index contributed by atoms with van der Waals surface area (Å²) in [6, 6.07) is 11.6. The Morgan fingerprint density at radius 2 is 1.37 bits per heavy atom. The number of nitrogens with one attached hydrogen (secondary N) is 1. The van der Waals surface area contributed by atoms with E-state index < -0.39 is 8.32 Å². The second-order valence-corrected chi connectivity index (χ2v) is 16.9. The molecule has 2 aromatic carbocycles. The number of aromatic hydroxyl groups is 1. The number of ether oxygens (including phenoxy) is 2. The first-order valence-electron chi connectivity index (χ1n) is 13.5. The minimum Gasteiger partial charge on any atom is -0.508 e. The zero-order valence-electron chi connectivity index (χ0n) is 23.9. The second-order valence-electron chi connectivity index (χ2n) is 10.7. The van der Waals surface area contributed by atoms with Crippen LogP contribution in [0.1, 0.15) is 52.7 Å². The lowest BCUT2D eigenvalue weighted by Gasteiger charge is -2.43. The maximum absolute atomic E-state index is 9.76. The van der Waals surface area contributed by atoms with Crippen molar-refractivity contribution in [2.24, 2.45) is 0 Å². The molecule has 2 N–H and O–H groups in total. The molecule has 210 valence electrons. The minimum atomic E-state index is -2.03. The Hall–Kier alpha value is -2.06. The van der Waals surface area contributed by atoms with Gasteiger partial charge in [0.25, 0.3) is 0 Å². The standard InChI is InChI=1S/C31H46BrNO4Si/c1-9-15-35-29-18-26(19-30(31(29)32)36-16-10-2)20-33-27(17-25-11-13-28(34)14-12-25)21-37-38(22(3)4,23(5)6)24(7)8/h9-14,18-19,22-24,27,33-34H,1-2,15-17,20-21H2,3-8H3/t27-/m0/s1. The summed E-state index contributed by atoms with van der Waals surface area (Å²) in [6.45, 7) is 23.4. The molecule has 0 aromatic heterocycles. The molecule has 38 heavy (non-hydrogen) atoms. The summed E-state index contributed by atoms with van der Waals surface area (Å²) in [7, 11) is -2.03. The highest BCUT2D eigenvalue weighted by Gasteiger charge is 2.45. The molecular weight excluding hydrogens is 558 g/mol. The first kappa shape index (κ1) is 32.2. The van der Waals surface area contributed by atoms with E-state index in [0.717, 1.165) is 22.0 Å². The van der Waals surface area contributed by atoms with Crippen LogP contribution in [-0.4, -0.2) is 39.3 Å². The van der Waals surface area contributed by atoms with Crippen molar-refractivity contribution in [2.45, 2.75) is 77.2 Å². The lowest BCUT2D eigenvalue weighted by atomic mass is 10.1. The monoisotopic (exact) mass is 603 g/mol. The quantitative estimate of drug-likeness (QED) is 0.141. The molecule has 7 heteroatoms. The van der Waals surface area contributed by atoms with Gasteiger partial charge in [-0.3, -0.25) is 0 Å². The molecule has 0 amide bonds. The molecule has 0 heterocycles. The Morgan fingerprint density at radius 1 is 0.868 bits per heavy atom. The van der Waals surface area contributed by atoms with Crippen LogP contribution in [0, 0.1) is 0 Å². The summed E-state index contributed by atoms with van der Waals surface area (Å²) < 4.78 is 19.5. The van der Waals surface area contributed by atoms with Gasteiger partial charge in [0.15, 0.2) is 8.32 Å². The fraction of sp³-hybridized carbons (Fsp3) is 0.484. The van der Waals surface area contributed by atoms with Crippen LogP contribution in [0.15, 0.2) is 66.2 Å². The van der Waals surface area contributed by atoms with Crippen LogP contribution in [0.3, 0.4) is 0 Å². The average Bonchev–Trinajstić information content (AvgIpc) is 2.87. The number of phenols is 1. The predicted molar refractivity (Wildman–Crippen MR) is 165 cm³/mol. The Kier molecular flexibility index (Phi) is 13.1. The summed E-state index contributed by atoms with van der Waals surface area (Å²) >= 11 is 3.62. The fourth-order valence-electron chi connectivity index (χ4n) is 5.35. The first-order valence-corrected chi connectivity index (χ1v) is 16.4. The maximum atomic E-state index is 9.76. The van der Waals surface area contributed by atoms with Gasteiger partial charge in [-0.05, 0) is 74.4 Å². The van der Waals surface area contributed by atoms with E-state index in [4.69, 9.17) is 13.9 Å². The van der Waals surface area contributed by atoms with Crippen LogP contribution >= 0.6 is 15.9 Å². The van der Waals surface area contributed by atoms with Crippen molar-refractivity contribution >= 4 is 24.2 Å². The SMILES string of the molecule is C=CCOc1cc(CN[C@H](CO[Si](C(C)C)(C(C)C)C(C)C)Cc2ccc(O)cc2)cc(OCC=C)c1Br. The van der Waals surface area contributed by atoms with Crippen molar-refractivity contribution in [1.29, 1.82) is 0 Å². The summed E-state index contributed by atoms with van der Waals surface area (Å²) in [5.41, 5.74) is 3.73. The molecule has 0 fully saturated rings. The molecule has 0 unspecified atom stereocenters. The van der Waals surface area contributed by atoms with E-state index in [1.165, 1.54) is 0 Å². The fourth-order valence-corrected chi connectivity index (χ4v) is 11.3. The molecule has 0 aliphatic carbocycles.